The quantitative estimate of drug-likeness (QED) is 0.190. The molecule has 3 heterocycles. The van der Waals surface area contributed by atoms with E-state index in [2.05, 4.69) is 16.0 Å². The van der Waals surface area contributed by atoms with Crippen molar-refractivity contribution in [3.8, 4) is 6.07 Å². The van der Waals surface area contributed by atoms with Gasteiger partial charge in [-0.2, -0.15) is 5.26 Å². The molecular weight excluding hydrogens is 442 g/mol. The van der Waals surface area contributed by atoms with Crippen molar-refractivity contribution in [2.75, 3.05) is 5.75 Å². The van der Waals surface area contributed by atoms with Gasteiger partial charge < -0.3 is 10.1 Å². The van der Waals surface area contributed by atoms with Crippen LogP contribution in [0.25, 0.3) is 26.8 Å². The molecule has 3 aromatic heterocycles. The van der Waals surface area contributed by atoms with Crippen LogP contribution in [0.4, 0.5) is 0 Å². The van der Waals surface area contributed by atoms with Gasteiger partial charge in [0.2, 0.25) is 0 Å². The van der Waals surface area contributed by atoms with E-state index in [1.165, 1.54) is 22.2 Å². The van der Waals surface area contributed by atoms with Gasteiger partial charge in [0.25, 0.3) is 5.56 Å². The first-order valence-electron chi connectivity index (χ1n) is 10.6. The molecule has 1 aliphatic carbocycles. The predicted octanol–water partition coefficient (Wildman–Crippen LogP) is 4.82. The highest BCUT2D eigenvalue weighted by Crippen LogP contribution is 2.35. The van der Waals surface area contributed by atoms with Crippen LogP contribution < -0.4 is 5.56 Å². The zero-order valence-electron chi connectivity index (χ0n) is 17.5. The number of para-hydroxylation sites is 2. The van der Waals surface area contributed by atoms with E-state index in [0.717, 1.165) is 46.9 Å². The molecule has 0 spiro atoms. The number of rotatable bonds is 5. The van der Waals surface area contributed by atoms with Crippen molar-refractivity contribution in [3.05, 3.63) is 56.6 Å². The summed E-state index contributed by atoms with van der Waals surface area (Å²) in [5.41, 5.74) is 2.77. The normalized spacial score (nSPS) is 14.4. The molecule has 0 saturated heterocycles. The number of aromatic nitrogens is 4. The van der Waals surface area contributed by atoms with Crippen LogP contribution in [0.3, 0.4) is 0 Å². The second-order valence-corrected chi connectivity index (χ2v) is 9.69. The summed E-state index contributed by atoms with van der Waals surface area (Å²) in [5.74, 6) is 0.344. The monoisotopic (exact) mass is 463 g/mol. The molecule has 0 aliphatic heterocycles. The minimum absolute atomic E-state index is 0.0133. The SMILES string of the molecule is CCn1c(SC/C(O)=C(\C#N)c2nc3ccccc3[nH]2)nc2sc3c(c2c1=O)CCCC3. The highest BCUT2D eigenvalue weighted by molar-refractivity contribution is 7.99. The number of allylic oxidation sites excluding steroid dienone is 1. The van der Waals surface area contributed by atoms with Crippen molar-refractivity contribution in [3.63, 3.8) is 0 Å². The summed E-state index contributed by atoms with van der Waals surface area (Å²) in [5, 5.41) is 21.6. The third-order valence-corrected chi connectivity index (χ3v) is 7.89. The number of nitrogens with one attached hydrogen (secondary N) is 1. The lowest BCUT2D eigenvalue weighted by Crippen LogP contribution is -2.23. The van der Waals surface area contributed by atoms with Crippen molar-refractivity contribution < 1.29 is 5.11 Å². The van der Waals surface area contributed by atoms with Crippen LogP contribution in [-0.4, -0.2) is 30.4 Å². The highest BCUT2D eigenvalue weighted by Gasteiger charge is 2.22. The number of benzene rings is 1. The van der Waals surface area contributed by atoms with Gasteiger partial charge in [-0.05, 0) is 50.3 Å². The van der Waals surface area contributed by atoms with Crippen LogP contribution in [0, 0.1) is 11.3 Å². The largest absolute Gasteiger partial charge is 0.510 e. The molecule has 0 amide bonds. The molecule has 9 heteroatoms. The fourth-order valence-corrected chi connectivity index (χ4v) is 6.38. The first-order chi connectivity index (χ1) is 15.6. The number of hydrogen-bond acceptors (Lipinski definition) is 7. The Morgan fingerprint density at radius 1 is 1.31 bits per heavy atom. The van der Waals surface area contributed by atoms with Crippen molar-refractivity contribution in [1.29, 1.82) is 5.26 Å². The van der Waals surface area contributed by atoms with Gasteiger partial charge in [-0.3, -0.25) is 9.36 Å². The Balaban J connectivity index is 1.50. The number of imidazole rings is 1. The number of aliphatic hydroxyl groups excluding tert-OH is 1. The molecule has 0 unspecified atom stereocenters. The standard InChI is InChI=1S/C23H21N5O2S2/c1-2-28-22(30)19-13-7-3-6-10-18(13)32-21(19)27-23(28)31-12-17(29)14(11-24)20-25-15-8-4-5-9-16(15)26-20/h4-5,8-9,29H,2-3,6-7,10,12H2,1H3,(H,25,26)/b17-14-. The van der Waals surface area contributed by atoms with Gasteiger partial charge in [0.05, 0.1) is 22.2 Å². The van der Waals surface area contributed by atoms with Gasteiger partial charge in [-0.1, -0.05) is 23.9 Å². The van der Waals surface area contributed by atoms with E-state index in [4.69, 9.17) is 4.98 Å². The summed E-state index contributed by atoms with van der Waals surface area (Å²) in [6, 6.07) is 9.51. The maximum absolute atomic E-state index is 13.2. The lowest BCUT2D eigenvalue weighted by molar-refractivity contribution is 0.420. The summed E-state index contributed by atoms with van der Waals surface area (Å²) in [7, 11) is 0. The predicted molar refractivity (Wildman–Crippen MR) is 128 cm³/mol. The molecule has 7 nitrogen and oxygen atoms in total. The van der Waals surface area contributed by atoms with Crippen LogP contribution in [0.2, 0.25) is 0 Å². The third kappa shape index (κ3) is 3.49. The lowest BCUT2D eigenvalue weighted by Gasteiger charge is -2.12. The minimum Gasteiger partial charge on any atom is -0.510 e. The number of nitrogens with zero attached hydrogens (tertiary/aromatic N) is 4. The van der Waals surface area contributed by atoms with E-state index in [1.54, 1.807) is 15.9 Å². The van der Waals surface area contributed by atoms with E-state index in [9.17, 15) is 15.2 Å². The fraction of sp³-hybridized carbons (Fsp3) is 0.304. The van der Waals surface area contributed by atoms with E-state index in [-0.39, 0.29) is 22.6 Å². The molecule has 1 aromatic carbocycles. The number of aromatic amines is 1. The van der Waals surface area contributed by atoms with E-state index in [0.29, 0.717) is 17.5 Å². The van der Waals surface area contributed by atoms with Crippen LogP contribution in [-0.2, 0) is 19.4 Å². The summed E-state index contributed by atoms with van der Waals surface area (Å²) in [6.07, 6.45) is 4.21. The smallest absolute Gasteiger partial charge is 0.263 e. The topological polar surface area (TPSA) is 108 Å². The Bertz CT molecular complexity index is 1440. The molecule has 1 aliphatic rings. The van der Waals surface area contributed by atoms with Crippen molar-refractivity contribution in [2.45, 2.75) is 44.3 Å². The lowest BCUT2D eigenvalue weighted by atomic mass is 9.97. The van der Waals surface area contributed by atoms with Crippen LogP contribution in [0.5, 0.6) is 0 Å². The molecule has 0 radical (unpaired) electrons. The number of hydrogen-bond donors (Lipinski definition) is 2. The number of aryl methyl sites for hydroxylation is 2. The first-order valence-corrected chi connectivity index (χ1v) is 12.4. The Morgan fingerprint density at radius 2 is 2.12 bits per heavy atom. The molecule has 0 bridgehead atoms. The van der Waals surface area contributed by atoms with Crippen molar-refractivity contribution in [1.82, 2.24) is 19.5 Å². The maximum Gasteiger partial charge on any atom is 0.263 e. The Morgan fingerprint density at radius 3 is 2.91 bits per heavy atom. The maximum atomic E-state index is 13.2. The average Bonchev–Trinajstić information content (AvgIpc) is 3.39. The first kappa shape index (κ1) is 20.8. The molecule has 162 valence electrons. The number of fused-ring (bicyclic) bond motifs is 4. The zero-order valence-corrected chi connectivity index (χ0v) is 19.1. The Labute approximate surface area is 192 Å². The van der Waals surface area contributed by atoms with Crippen LogP contribution in [0.1, 0.15) is 36.0 Å². The number of nitriles is 1. The van der Waals surface area contributed by atoms with Crippen molar-refractivity contribution in [2.24, 2.45) is 0 Å². The molecule has 0 fully saturated rings. The van der Waals surface area contributed by atoms with Gasteiger partial charge >= 0.3 is 0 Å². The van der Waals surface area contributed by atoms with Gasteiger partial charge in [0.1, 0.15) is 22.2 Å². The molecule has 4 aromatic rings. The van der Waals surface area contributed by atoms with Crippen LogP contribution in [0.15, 0.2) is 40.0 Å². The van der Waals surface area contributed by atoms with E-state index < -0.39 is 0 Å². The number of thioether (sulfide) groups is 1. The highest BCUT2D eigenvalue weighted by atomic mass is 32.2. The molecule has 32 heavy (non-hydrogen) atoms. The van der Waals surface area contributed by atoms with E-state index in [1.807, 2.05) is 31.2 Å². The second kappa shape index (κ2) is 8.45. The van der Waals surface area contributed by atoms with Crippen LogP contribution >= 0.6 is 23.1 Å². The van der Waals surface area contributed by atoms with Gasteiger partial charge in [-0.25, -0.2) is 9.97 Å². The zero-order chi connectivity index (χ0) is 22.2. The van der Waals surface area contributed by atoms with E-state index >= 15 is 0 Å². The van der Waals surface area contributed by atoms with Gasteiger partial charge in [0.15, 0.2) is 11.0 Å². The van der Waals surface area contributed by atoms with Crippen molar-refractivity contribution >= 4 is 49.9 Å². The number of aliphatic hydroxyl groups is 1. The molecule has 0 saturated carbocycles. The number of thiophene rings is 1. The number of H-pyrrole nitrogens is 1. The summed E-state index contributed by atoms with van der Waals surface area (Å²) < 4.78 is 1.66. The molecule has 2 N–H and O–H groups in total. The third-order valence-electron chi connectivity index (χ3n) is 5.72. The molecular formula is C23H21N5O2S2. The fourth-order valence-electron chi connectivity index (χ4n) is 4.14. The summed E-state index contributed by atoms with van der Waals surface area (Å²) >= 11 is 2.87. The molecule has 0 atom stereocenters. The Hall–Kier alpha value is -3.09. The van der Waals surface area contributed by atoms with Gasteiger partial charge in [0, 0.05) is 11.4 Å². The minimum atomic E-state index is -0.0981. The molecule has 5 rings (SSSR count). The Kier molecular flexibility index (Phi) is 5.49. The second-order valence-electron chi connectivity index (χ2n) is 7.66. The summed E-state index contributed by atoms with van der Waals surface area (Å²) in [6.45, 7) is 2.41. The van der Waals surface area contributed by atoms with Gasteiger partial charge in [-0.15, -0.1) is 11.3 Å². The average molecular weight is 464 g/mol. The summed E-state index contributed by atoms with van der Waals surface area (Å²) in [4.78, 5) is 27.6.